The van der Waals surface area contributed by atoms with Crippen LogP contribution in [0.2, 0.25) is 0 Å². The van der Waals surface area contributed by atoms with Crippen LogP contribution in [0.5, 0.6) is 0 Å². The van der Waals surface area contributed by atoms with Crippen LogP contribution >= 0.6 is 15.9 Å². The fourth-order valence-electron chi connectivity index (χ4n) is 1.18. The quantitative estimate of drug-likeness (QED) is 0.663. The minimum Gasteiger partial charge on any atom is -0.256 e. The zero-order valence-electron chi connectivity index (χ0n) is 6.69. The third-order valence-corrected chi connectivity index (χ3v) is 2.48. The van der Waals surface area contributed by atoms with Gasteiger partial charge < -0.3 is 0 Å². The molecule has 0 aliphatic heterocycles. The van der Waals surface area contributed by atoms with Crippen LogP contribution in [0.4, 0.5) is 13.2 Å². The van der Waals surface area contributed by atoms with Crippen LogP contribution < -0.4 is 0 Å². The van der Waals surface area contributed by atoms with Crippen molar-refractivity contribution in [3.63, 3.8) is 0 Å². The van der Waals surface area contributed by atoms with Crippen LogP contribution in [0.1, 0.15) is 0 Å². The Morgan fingerprint density at radius 2 is 1.86 bits per heavy atom. The van der Waals surface area contributed by atoms with Gasteiger partial charge in [-0.15, -0.1) is 0 Å². The van der Waals surface area contributed by atoms with E-state index in [9.17, 15) is 13.2 Å². The van der Waals surface area contributed by atoms with Crippen molar-refractivity contribution in [2.24, 2.45) is 0 Å². The predicted octanol–water partition coefficient (Wildman–Crippen LogP) is 3.41. The van der Waals surface area contributed by atoms with E-state index in [2.05, 4.69) is 20.9 Å². The largest absolute Gasteiger partial charge is 0.256 e. The molecule has 14 heavy (non-hydrogen) atoms. The van der Waals surface area contributed by atoms with E-state index in [1.165, 1.54) is 12.3 Å². The Hall–Kier alpha value is -1.10. The highest BCUT2D eigenvalue weighted by Crippen LogP contribution is 2.27. The van der Waals surface area contributed by atoms with Crippen molar-refractivity contribution in [2.45, 2.75) is 0 Å². The molecule has 0 unspecified atom stereocenters. The molecule has 1 heterocycles. The average Bonchev–Trinajstić information content (AvgIpc) is 2.14. The van der Waals surface area contributed by atoms with Crippen molar-refractivity contribution in [1.82, 2.24) is 4.98 Å². The van der Waals surface area contributed by atoms with E-state index in [0.717, 1.165) is 6.07 Å². The number of nitrogens with zero attached hydrogens (tertiary/aromatic N) is 1. The molecule has 1 aromatic heterocycles. The number of fused-ring (bicyclic) bond motifs is 1. The van der Waals surface area contributed by atoms with E-state index in [0.29, 0.717) is 4.47 Å². The number of aromatic nitrogens is 1. The zero-order valence-corrected chi connectivity index (χ0v) is 8.28. The van der Waals surface area contributed by atoms with Gasteiger partial charge in [-0.3, -0.25) is 4.98 Å². The standard InChI is InChI=1S/C9H3BrF3N/c10-4-1-2-14-6-3-5(11)8(12)9(13)7(4)6/h1-3H. The lowest BCUT2D eigenvalue weighted by Gasteiger charge is -2.02. The van der Waals surface area contributed by atoms with Gasteiger partial charge in [0.15, 0.2) is 17.5 Å². The van der Waals surface area contributed by atoms with Gasteiger partial charge in [-0.1, -0.05) is 0 Å². The molecule has 0 aliphatic carbocycles. The van der Waals surface area contributed by atoms with Crippen LogP contribution in [-0.4, -0.2) is 4.98 Å². The summed E-state index contributed by atoms with van der Waals surface area (Å²) in [5.41, 5.74) is 0.0794. The zero-order chi connectivity index (χ0) is 10.3. The van der Waals surface area contributed by atoms with Gasteiger partial charge in [0.25, 0.3) is 0 Å². The molecule has 0 bridgehead atoms. The number of halogens is 4. The maximum atomic E-state index is 13.2. The number of hydrogen-bond donors (Lipinski definition) is 0. The maximum absolute atomic E-state index is 13.2. The molecule has 0 aliphatic rings. The Labute approximate surface area is 85.7 Å². The second kappa shape index (κ2) is 3.24. The molecule has 72 valence electrons. The highest BCUT2D eigenvalue weighted by Gasteiger charge is 2.15. The molecular weight excluding hydrogens is 259 g/mol. The van der Waals surface area contributed by atoms with E-state index in [-0.39, 0.29) is 10.9 Å². The van der Waals surface area contributed by atoms with Gasteiger partial charge in [0, 0.05) is 16.7 Å². The SMILES string of the molecule is Fc1cc2nccc(Br)c2c(F)c1F. The molecule has 0 atom stereocenters. The first-order valence-electron chi connectivity index (χ1n) is 3.69. The molecule has 0 amide bonds. The normalized spacial score (nSPS) is 10.9. The van der Waals surface area contributed by atoms with Crippen LogP contribution in [0, 0.1) is 17.5 Å². The third kappa shape index (κ3) is 1.28. The molecule has 0 fully saturated rings. The van der Waals surface area contributed by atoms with E-state index in [4.69, 9.17) is 0 Å². The van der Waals surface area contributed by atoms with Gasteiger partial charge in [-0.2, -0.15) is 0 Å². The van der Waals surface area contributed by atoms with Crippen molar-refractivity contribution < 1.29 is 13.2 Å². The fourth-order valence-corrected chi connectivity index (χ4v) is 1.67. The summed E-state index contributed by atoms with van der Waals surface area (Å²) < 4.78 is 39.2. The van der Waals surface area contributed by atoms with E-state index in [1.807, 2.05) is 0 Å². The summed E-state index contributed by atoms with van der Waals surface area (Å²) in [6.07, 6.45) is 1.38. The number of rotatable bonds is 0. The molecule has 0 saturated carbocycles. The van der Waals surface area contributed by atoms with Crippen LogP contribution in [0.25, 0.3) is 10.9 Å². The number of benzene rings is 1. The van der Waals surface area contributed by atoms with E-state index >= 15 is 0 Å². The summed E-state index contributed by atoms with van der Waals surface area (Å²) in [5.74, 6) is -3.94. The molecular formula is C9H3BrF3N. The van der Waals surface area contributed by atoms with Gasteiger partial charge >= 0.3 is 0 Å². The fraction of sp³-hybridized carbons (Fsp3) is 0. The Balaban J connectivity index is 2.99. The summed E-state index contributed by atoms with van der Waals surface area (Å²) in [6, 6.07) is 2.32. The average molecular weight is 262 g/mol. The van der Waals surface area contributed by atoms with Crippen molar-refractivity contribution >= 4 is 26.8 Å². The highest BCUT2D eigenvalue weighted by molar-refractivity contribution is 9.10. The van der Waals surface area contributed by atoms with Crippen molar-refractivity contribution in [2.75, 3.05) is 0 Å². The molecule has 0 spiro atoms. The lowest BCUT2D eigenvalue weighted by Crippen LogP contribution is -1.94. The Bertz CT molecular complexity index is 513. The Kier molecular flexibility index (Phi) is 2.19. The van der Waals surface area contributed by atoms with Gasteiger partial charge in [0.1, 0.15) is 0 Å². The van der Waals surface area contributed by atoms with Crippen molar-refractivity contribution in [3.05, 3.63) is 40.3 Å². The first kappa shape index (κ1) is 9.45. The second-order valence-corrected chi connectivity index (χ2v) is 3.53. The van der Waals surface area contributed by atoms with Gasteiger partial charge in [-0.05, 0) is 22.0 Å². The first-order chi connectivity index (χ1) is 6.61. The molecule has 0 radical (unpaired) electrons. The lowest BCUT2D eigenvalue weighted by molar-refractivity contribution is 0.453. The van der Waals surface area contributed by atoms with Crippen LogP contribution in [0.15, 0.2) is 22.8 Å². The summed E-state index contributed by atoms with van der Waals surface area (Å²) in [4.78, 5) is 3.73. The summed E-state index contributed by atoms with van der Waals surface area (Å²) in [5, 5.41) is -0.0496. The molecule has 1 nitrogen and oxygen atoms in total. The first-order valence-corrected chi connectivity index (χ1v) is 4.48. The topological polar surface area (TPSA) is 12.9 Å². The van der Waals surface area contributed by atoms with Crippen LogP contribution in [-0.2, 0) is 0 Å². The van der Waals surface area contributed by atoms with Gasteiger partial charge in [-0.25, -0.2) is 13.2 Å². The molecule has 1 aromatic carbocycles. The molecule has 0 N–H and O–H groups in total. The summed E-state index contributed by atoms with van der Waals surface area (Å²) in [7, 11) is 0. The Morgan fingerprint density at radius 1 is 1.14 bits per heavy atom. The Morgan fingerprint density at radius 3 is 2.57 bits per heavy atom. The minimum absolute atomic E-state index is 0.0496. The molecule has 2 rings (SSSR count). The van der Waals surface area contributed by atoms with Crippen molar-refractivity contribution in [1.29, 1.82) is 0 Å². The number of hydrogen-bond acceptors (Lipinski definition) is 1. The lowest BCUT2D eigenvalue weighted by atomic mass is 10.2. The minimum atomic E-state index is -1.48. The van der Waals surface area contributed by atoms with Gasteiger partial charge in [0.2, 0.25) is 0 Å². The van der Waals surface area contributed by atoms with E-state index < -0.39 is 17.5 Å². The number of pyridine rings is 1. The second-order valence-electron chi connectivity index (χ2n) is 2.67. The summed E-state index contributed by atoms with van der Waals surface area (Å²) in [6.45, 7) is 0. The highest BCUT2D eigenvalue weighted by atomic mass is 79.9. The maximum Gasteiger partial charge on any atom is 0.195 e. The van der Waals surface area contributed by atoms with Gasteiger partial charge in [0.05, 0.1) is 10.9 Å². The molecule has 2 aromatic rings. The monoisotopic (exact) mass is 261 g/mol. The molecule has 0 saturated heterocycles. The van der Waals surface area contributed by atoms with Crippen molar-refractivity contribution in [3.8, 4) is 0 Å². The van der Waals surface area contributed by atoms with Crippen LogP contribution in [0.3, 0.4) is 0 Å². The summed E-state index contributed by atoms with van der Waals surface area (Å²) >= 11 is 3.04. The predicted molar refractivity (Wildman–Crippen MR) is 49.3 cm³/mol. The smallest absolute Gasteiger partial charge is 0.195 e. The van der Waals surface area contributed by atoms with E-state index in [1.54, 1.807) is 0 Å². The molecule has 5 heteroatoms. The third-order valence-electron chi connectivity index (χ3n) is 1.81.